The van der Waals surface area contributed by atoms with Crippen LogP contribution >= 0.6 is 0 Å². The number of carbonyl (C=O) groups excluding carboxylic acids is 3. The standard InChI is InChI=1S/C32H42BN3O6/c1-19(2)14-26(33-41-27-24-17-23(31(24,3)4)18-32(27,5)42-33)35-30(39)25(15-20-10-7-6-8-11-20)34-28(37)21-12-9-13-22(16-21)29(38)36-40/h6-13,16,19,23-27,40H,14-15,17-18H2,1-5H3,(H,34,37)(H,35,39)(H,36,38)/t23-,24+,25+,26+,27-,32+/m1/s1. The van der Waals surface area contributed by atoms with Gasteiger partial charge in [0.25, 0.3) is 11.8 Å². The normalized spacial score (nSPS) is 26.9. The molecule has 0 radical (unpaired) electrons. The van der Waals surface area contributed by atoms with Crippen molar-refractivity contribution in [3.63, 3.8) is 0 Å². The second-order valence-corrected chi connectivity index (χ2v) is 13.4. The molecule has 2 aromatic carbocycles. The molecule has 4 fully saturated rings. The Balaban J connectivity index is 1.35. The van der Waals surface area contributed by atoms with E-state index in [1.165, 1.54) is 12.1 Å². The van der Waals surface area contributed by atoms with Crippen LogP contribution in [0, 0.1) is 23.2 Å². The Hall–Kier alpha value is -3.21. The minimum absolute atomic E-state index is 0.0164. The molecule has 224 valence electrons. The molecule has 4 aliphatic rings. The molecule has 6 rings (SSSR count). The maximum Gasteiger partial charge on any atom is 0.481 e. The Morgan fingerprint density at radius 3 is 2.33 bits per heavy atom. The summed E-state index contributed by atoms with van der Waals surface area (Å²) in [5, 5.41) is 15.0. The van der Waals surface area contributed by atoms with Gasteiger partial charge in [0.1, 0.15) is 6.04 Å². The maximum atomic E-state index is 13.9. The first-order valence-corrected chi connectivity index (χ1v) is 14.9. The summed E-state index contributed by atoms with van der Waals surface area (Å²) in [6, 6.07) is 14.6. The fraction of sp³-hybridized carbons (Fsp3) is 0.531. The molecule has 0 aromatic heterocycles. The van der Waals surface area contributed by atoms with Crippen molar-refractivity contribution < 1.29 is 28.9 Å². The van der Waals surface area contributed by atoms with Gasteiger partial charge in [0.2, 0.25) is 5.91 Å². The van der Waals surface area contributed by atoms with Crippen LogP contribution in [0.5, 0.6) is 0 Å². The number of carbonyl (C=O) groups is 3. The van der Waals surface area contributed by atoms with Gasteiger partial charge in [-0.3, -0.25) is 19.6 Å². The van der Waals surface area contributed by atoms with Gasteiger partial charge >= 0.3 is 7.12 Å². The van der Waals surface area contributed by atoms with Crippen LogP contribution in [0.2, 0.25) is 0 Å². The van der Waals surface area contributed by atoms with Crippen molar-refractivity contribution in [3.05, 3.63) is 71.3 Å². The smallest absolute Gasteiger partial charge is 0.404 e. The zero-order valence-corrected chi connectivity index (χ0v) is 25.1. The summed E-state index contributed by atoms with van der Waals surface area (Å²) >= 11 is 0. The van der Waals surface area contributed by atoms with Crippen LogP contribution in [0.3, 0.4) is 0 Å². The summed E-state index contributed by atoms with van der Waals surface area (Å²) in [6.07, 6.45) is 3.00. The quantitative estimate of drug-likeness (QED) is 0.193. The highest BCUT2D eigenvalue weighted by atomic mass is 16.7. The van der Waals surface area contributed by atoms with E-state index in [1.54, 1.807) is 17.6 Å². The lowest BCUT2D eigenvalue weighted by atomic mass is 9.45. The lowest BCUT2D eigenvalue weighted by Gasteiger charge is -2.63. The third kappa shape index (κ3) is 5.98. The van der Waals surface area contributed by atoms with Gasteiger partial charge in [-0.25, -0.2) is 5.48 Å². The van der Waals surface area contributed by atoms with Gasteiger partial charge in [-0.15, -0.1) is 0 Å². The zero-order valence-electron chi connectivity index (χ0n) is 25.1. The van der Waals surface area contributed by atoms with Crippen molar-refractivity contribution in [1.82, 2.24) is 16.1 Å². The van der Waals surface area contributed by atoms with Crippen LogP contribution in [-0.2, 0) is 20.5 Å². The molecule has 1 saturated heterocycles. The third-order valence-electron chi connectivity index (χ3n) is 9.61. The van der Waals surface area contributed by atoms with Gasteiger partial charge in [0.05, 0.1) is 17.6 Å². The number of amides is 3. The average Bonchev–Trinajstić information content (AvgIpc) is 3.33. The molecule has 3 aliphatic carbocycles. The molecule has 2 bridgehead atoms. The predicted molar refractivity (Wildman–Crippen MR) is 159 cm³/mol. The van der Waals surface area contributed by atoms with Crippen LogP contribution in [0.25, 0.3) is 0 Å². The molecule has 2 aromatic rings. The van der Waals surface area contributed by atoms with E-state index in [0.29, 0.717) is 18.3 Å². The molecule has 4 N–H and O–H groups in total. The highest BCUT2D eigenvalue weighted by Gasteiger charge is 2.67. The number of nitrogens with one attached hydrogen (secondary N) is 3. The highest BCUT2D eigenvalue weighted by Crippen LogP contribution is 2.64. The Bertz CT molecular complexity index is 1320. The summed E-state index contributed by atoms with van der Waals surface area (Å²) in [6.45, 7) is 11.0. The number of hydrogen-bond acceptors (Lipinski definition) is 6. The molecule has 3 amide bonds. The van der Waals surface area contributed by atoms with E-state index in [4.69, 9.17) is 14.5 Å². The predicted octanol–water partition coefficient (Wildman–Crippen LogP) is 3.95. The van der Waals surface area contributed by atoms with Crippen LogP contribution in [0.1, 0.15) is 80.2 Å². The molecule has 0 unspecified atom stereocenters. The fourth-order valence-electron chi connectivity index (χ4n) is 7.11. The SMILES string of the molecule is CC(C)C[C@H](NC(=O)[C@H](Cc1ccccc1)NC(=O)c1cccc(C(=O)NO)c1)B1O[C@@H]2[C@@H]3C[C@H](C[C@]2(C)O1)C3(C)C. The lowest BCUT2D eigenvalue weighted by molar-refractivity contribution is -0.185. The van der Waals surface area contributed by atoms with Crippen molar-refractivity contribution in [2.45, 2.75) is 84.0 Å². The Kier molecular flexibility index (Phi) is 8.52. The zero-order chi connectivity index (χ0) is 30.2. The lowest BCUT2D eigenvalue weighted by Crippen LogP contribution is -2.63. The van der Waals surface area contributed by atoms with Gasteiger partial charge in [-0.1, -0.05) is 64.1 Å². The monoisotopic (exact) mass is 575 g/mol. The summed E-state index contributed by atoms with van der Waals surface area (Å²) in [4.78, 5) is 39.1. The van der Waals surface area contributed by atoms with Gasteiger partial charge in [0, 0.05) is 17.5 Å². The van der Waals surface area contributed by atoms with E-state index in [1.807, 2.05) is 30.3 Å². The van der Waals surface area contributed by atoms with E-state index in [2.05, 4.69) is 45.3 Å². The molecule has 9 nitrogen and oxygen atoms in total. The van der Waals surface area contributed by atoms with Crippen LogP contribution in [0.4, 0.5) is 0 Å². The van der Waals surface area contributed by atoms with Gasteiger partial charge < -0.3 is 19.9 Å². The first kappa shape index (κ1) is 30.3. The maximum absolute atomic E-state index is 13.9. The fourth-order valence-corrected chi connectivity index (χ4v) is 7.11. The highest BCUT2D eigenvalue weighted by molar-refractivity contribution is 6.48. The summed E-state index contributed by atoms with van der Waals surface area (Å²) < 4.78 is 13.3. The largest absolute Gasteiger partial charge is 0.481 e. The van der Waals surface area contributed by atoms with E-state index >= 15 is 0 Å². The second kappa shape index (κ2) is 11.8. The molecule has 3 saturated carbocycles. The van der Waals surface area contributed by atoms with E-state index in [-0.39, 0.29) is 46.5 Å². The summed E-state index contributed by atoms with van der Waals surface area (Å²) in [5.41, 5.74) is 2.63. The summed E-state index contributed by atoms with van der Waals surface area (Å²) in [5.74, 6) is -0.664. The minimum atomic E-state index is -0.893. The first-order chi connectivity index (χ1) is 19.9. The Morgan fingerprint density at radius 1 is 1.00 bits per heavy atom. The average molecular weight is 576 g/mol. The molecule has 0 spiro atoms. The van der Waals surface area contributed by atoms with Gasteiger partial charge in [-0.2, -0.15) is 0 Å². The Labute approximate surface area is 248 Å². The molecule has 1 heterocycles. The van der Waals surface area contributed by atoms with Crippen LogP contribution in [0.15, 0.2) is 54.6 Å². The van der Waals surface area contributed by atoms with Crippen molar-refractivity contribution in [2.24, 2.45) is 23.2 Å². The van der Waals surface area contributed by atoms with E-state index < -0.39 is 30.9 Å². The molecule has 42 heavy (non-hydrogen) atoms. The second-order valence-electron chi connectivity index (χ2n) is 13.4. The number of hydroxylamine groups is 1. The Morgan fingerprint density at radius 2 is 1.69 bits per heavy atom. The van der Waals surface area contributed by atoms with Crippen molar-refractivity contribution >= 4 is 24.8 Å². The third-order valence-corrected chi connectivity index (χ3v) is 9.61. The van der Waals surface area contributed by atoms with Crippen LogP contribution in [-0.4, -0.2) is 53.7 Å². The molecule has 10 heteroatoms. The van der Waals surface area contributed by atoms with E-state index in [9.17, 15) is 14.4 Å². The van der Waals surface area contributed by atoms with Crippen LogP contribution < -0.4 is 16.1 Å². The summed E-state index contributed by atoms with van der Waals surface area (Å²) in [7, 11) is -0.580. The molecule has 6 atom stereocenters. The number of rotatable bonds is 10. The number of hydrogen-bond donors (Lipinski definition) is 4. The first-order valence-electron chi connectivity index (χ1n) is 14.9. The molecular formula is C32H42BN3O6. The van der Waals surface area contributed by atoms with Crippen molar-refractivity contribution in [3.8, 4) is 0 Å². The van der Waals surface area contributed by atoms with E-state index in [0.717, 1.165) is 18.4 Å². The number of benzene rings is 2. The van der Waals surface area contributed by atoms with Crippen molar-refractivity contribution in [1.29, 1.82) is 0 Å². The minimum Gasteiger partial charge on any atom is -0.404 e. The molecular weight excluding hydrogens is 533 g/mol. The van der Waals surface area contributed by atoms with Crippen molar-refractivity contribution in [2.75, 3.05) is 0 Å². The van der Waals surface area contributed by atoms with Gasteiger partial charge in [0.15, 0.2) is 0 Å². The molecule has 1 aliphatic heterocycles. The topological polar surface area (TPSA) is 126 Å². The van der Waals surface area contributed by atoms with Gasteiger partial charge in [-0.05, 0) is 73.1 Å².